The number of hydrogen-bond acceptors (Lipinski definition) is 3. The summed E-state index contributed by atoms with van der Waals surface area (Å²) in [4.78, 5) is 12.1. The smallest absolute Gasteiger partial charge is 0.260 e. The summed E-state index contributed by atoms with van der Waals surface area (Å²) in [5.41, 5.74) is 8.15. The molecule has 2 unspecified atom stereocenters. The van der Waals surface area contributed by atoms with Crippen molar-refractivity contribution in [3.63, 3.8) is 0 Å². The van der Waals surface area contributed by atoms with Crippen LogP contribution in [0.4, 0.5) is 0 Å². The van der Waals surface area contributed by atoms with Crippen LogP contribution in [0.1, 0.15) is 24.1 Å². The molecule has 2 atom stereocenters. The zero-order valence-corrected chi connectivity index (χ0v) is 13.0. The van der Waals surface area contributed by atoms with Crippen LogP contribution in [0.15, 0.2) is 54.6 Å². The Labute approximate surface area is 131 Å². The molecular formula is C18H22N2O2. The fraction of sp³-hybridized carbons (Fsp3) is 0.278. The van der Waals surface area contributed by atoms with Crippen LogP contribution >= 0.6 is 0 Å². The van der Waals surface area contributed by atoms with E-state index in [2.05, 4.69) is 5.32 Å². The van der Waals surface area contributed by atoms with Gasteiger partial charge in [-0.2, -0.15) is 0 Å². The number of benzene rings is 2. The molecule has 0 aliphatic heterocycles. The second-order valence-corrected chi connectivity index (χ2v) is 5.34. The first-order chi connectivity index (χ1) is 10.6. The average Bonchev–Trinajstić information content (AvgIpc) is 2.53. The molecule has 0 aliphatic carbocycles. The maximum absolute atomic E-state index is 12.1. The predicted molar refractivity (Wildman–Crippen MR) is 87.6 cm³/mol. The van der Waals surface area contributed by atoms with Gasteiger partial charge in [-0.25, -0.2) is 0 Å². The number of hydrogen-bond donors (Lipinski definition) is 2. The zero-order valence-electron chi connectivity index (χ0n) is 13.0. The molecule has 2 rings (SSSR count). The standard InChI is InChI=1S/C18H22N2O2/c1-13-7-6-10-16(11-13)22-14(2)18(21)20-12-17(19)15-8-4-3-5-9-15/h3-11,14,17H,12,19H2,1-2H3,(H,20,21). The van der Waals surface area contributed by atoms with Gasteiger partial charge in [-0.05, 0) is 37.1 Å². The van der Waals surface area contributed by atoms with Gasteiger partial charge in [0.1, 0.15) is 5.75 Å². The Balaban J connectivity index is 1.84. The van der Waals surface area contributed by atoms with Gasteiger partial charge < -0.3 is 15.8 Å². The topological polar surface area (TPSA) is 64.3 Å². The van der Waals surface area contributed by atoms with Crippen molar-refractivity contribution in [2.24, 2.45) is 5.73 Å². The fourth-order valence-electron chi connectivity index (χ4n) is 2.12. The van der Waals surface area contributed by atoms with Crippen molar-refractivity contribution in [1.29, 1.82) is 0 Å². The number of carbonyl (C=O) groups is 1. The van der Waals surface area contributed by atoms with Crippen molar-refractivity contribution in [2.75, 3.05) is 6.54 Å². The Morgan fingerprint density at radius 3 is 2.59 bits per heavy atom. The van der Waals surface area contributed by atoms with Crippen LogP contribution in [0.5, 0.6) is 5.75 Å². The normalized spacial score (nSPS) is 13.2. The van der Waals surface area contributed by atoms with Crippen LogP contribution in [0.25, 0.3) is 0 Å². The van der Waals surface area contributed by atoms with Gasteiger partial charge in [0.05, 0.1) is 0 Å². The predicted octanol–water partition coefficient (Wildman–Crippen LogP) is 2.58. The van der Waals surface area contributed by atoms with E-state index in [1.165, 1.54) is 0 Å². The van der Waals surface area contributed by atoms with Gasteiger partial charge in [0.15, 0.2) is 6.10 Å². The summed E-state index contributed by atoms with van der Waals surface area (Å²) in [5.74, 6) is 0.517. The van der Waals surface area contributed by atoms with Crippen LogP contribution < -0.4 is 15.8 Å². The van der Waals surface area contributed by atoms with E-state index in [0.29, 0.717) is 12.3 Å². The van der Waals surface area contributed by atoms with Crippen molar-refractivity contribution < 1.29 is 9.53 Å². The van der Waals surface area contributed by atoms with Gasteiger partial charge >= 0.3 is 0 Å². The van der Waals surface area contributed by atoms with E-state index in [1.54, 1.807) is 6.92 Å². The van der Waals surface area contributed by atoms with E-state index in [1.807, 2.05) is 61.5 Å². The highest BCUT2D eigenvalue weighted by molar-refractivity contribution is 5.80. The molecule has 4 nitrogen and oxygen atoms in total. The molecule has 0 aromatic heterocycles. The highest BCUT2D eigenvalue weighted by Gasteiger charge is 2.16. The number of amides is 1. The number of aryl methyl sites for hydroxylation is 1. The molecule has 2 aromatic rings. The lowest BCUT2D eigenvalue weighted by molar-refractivity contribution is -0.127. The van der Waals surface area contributed by atoms with Crippen LogP contribution in [0, 0.1) is 6.92 Å². The van der Waals surface area contributed by atoms with E-state index in [0.717, 1.165) is 11.1 Å². The molecule has 0 bridgehead atoms. The highest BCUT2D eigenvalue weighted by Crippen LogP contribution is 2.14. The van der Waals surface area contributed by atoms with Gasteiger partial charge in [-0.1, -0.05) is 42.5 Å². The second kappa shape index (κ2) is 7.61. The molecule has 4 heteroatoms. The van der Waals surface area contributed by atoms with Gasteiger partial charge in [0.2, 0.25) is 0 Å². The van der Waals surface area contributed by atoms with Crippen LogP contribution in [0.2, 0.25) is 0 Å². The molecule has 0 spiro atoms. The summed E-state index contributed by atoms with van der Waals surface area (Å²) in [5, 5.41) is 2.83. The van der Waals surface area contributed by atoms with Gasteiger partial charge in [0, 0.05) is 12.6 Å². The monoisotopic (exact) mass is 298 g/mol. The quantitative estimate of drug-likeness (QED) is 0.861. The van der Waals surface area contributed by atoms with E-state index in [4.69, 9.17) is 10.5 Å². The first-order valence-electron chi connectivity index (χ1n) is 7.38. The fourth-order valence-corrected chi connectivity index (χ4v) is 2.12. The van der Waals surface area contributed by atoms with Crippen LogP contribution in [-0.2, 0) is 4.79 Å². The zero-order chi connectivity index (χ0) is 15.9. The van der Waals surface area contributed by atoms with E-state index >= 15 is 0 Å². The molecule has 116 valence electrons. The number of ether oxygens (including phenoxy) is 1. The van der Waals surface area contributed by atoms with Crippen molar-refractivity contribution >= 4 is 5.91 Å². The van der Waals surface area contributed by atoms with Gasteiger partial charge in [-0.3, -0.25) is 4.79 Å². The molecule has 0 saturated carbocycles. The first-order valence-corrected chi connectivity index (χ1v) is 7.38. The van der Waals surface area contributed by atoms with Crippen molar-refractivity contribution in [3.8, 4) is 5.75 Å². The average molecular weight is 298 g/mol. The summed E-state index contributed by atoms with van der Waals surface area (Å²) < 4.78 is 5.64. The Morgan fingerprint density at radius 1 is 1.18 bits per heavy atom. The van der Waals surface area contributed by atoms with Crippen molar-refractivity contribution in [3.05, 3.63) is 65.7 Å². The molecule has 2 aromatic carbocycles. The molecule has 3 N–H and O–H groups in total. The lowest BCUT2D eigenvalue weighted by atomic mass is 10.1. The minimum Gasteiger partial charge on any atom is -0.481 e. The second-order valence-electron chi connectivity index (χ2n) is 5.34. The largest absolute Gasteiger partial charge is 0.481 e. The number of carbonyl (C=O) groups excluding carboxylic acids is 1. The molecule has 1 amide bonds. The third-order valence-electron chi connectivity index (χ3n) is 3.40. The molecule has 0 fully saturated rings. The van der Waals surface area contributed by atoms with Gasteiger partial charge in [0.25, 0.3) is 5.91 Å². The lowest BCUT2D eigenvalue weighted by Gasteiger charge is -2.17. The van der Waals surface area contributed by atoms with Crippen LogP contribution in [0.3, 0.4) is 0 Å². The van der Waals surface area contributed by atoms with Crippen molar-refractivity contribution in [2.45, 2.75) is 26.0 Å². The maximum Gasteiger partial charge on any atom is 0.260 e. The molecule has 0 aliphatic rings. The summed E-state index contributed by atoms with van der Waals surface area (Å²) in [6.07, 6.45) is -0.565. The first kappa shape index (κ1) is 16.0. The highest BCUT2D eigenvalue weighted by atomic mass is 16.5. The maximum atomic E-state index is 12.1. The molecular weight excluding hydrogens is 276 g/mol. The van der Waals surface area contributed by atoms with E-state index in [9.17, 15) is 4.79 Å². The van der Waals surface area contributed by atoms with Crippen LogP contribution in [-0.4, -0.2) is 18.6 Å². The summed E-state index contributed by atoms with van der Waals surface area (Å²) >= 11 is 0. The molecule has 0 heterocycles. The Kier molecular flexibility index (Phi) is 5.55. The Morgan fingerprint density at radius 2 is 1.91 bits per heavy atom. The third kappa shape index (κ3) is 4.60. The Bertz CT molecular complexity index is 613. The summed E-state index contributed by atoms with van der Waals surface area (Å²) in [7, 11) is 0. The molecule has 0 radical (unpaired) electrons. The van der Waals surface area contributed by atoms with E-state index in [-0.39, 0.29) is 11.9 Å². The van der Waals surface area contributed by atoms with Gasteiger partial charge in [-0.15, -0.1) is 0 Å². The minimum absolute atomic E-state index is 0.173. The molecule has 0 saturated heterocycles. The minimum atomic E-state index is -0.565. The number of nitrogens with one attached hydrogen (secondary N) is 1. The SMILES string of the molecule is Cc1cccc(OC(C)C(=O)NCC(N)c2ccccc2)c1. The molecule has 22 heavy (non-hydrogen) atoms. The van der Waals surface area contributed by atoms with E-state index < -0.39 is 6.10 Å². The third-order valence-corrected chi connectivity index (χ3v) is 3.40. The summed E-state index contributed by atoms with van der Waals surface area (Å²) in [6, 6.07) is 17.1. The number of nitrogens with two attached hydrogens (primary N) is 1. The Hall–Kier alpha value is -2.33. The number of rotatable bonds is 6. The van der Waals surface area contributed by atoms with Crippen molar-refractivity contribution in [1.82, 2.24) is 5.32 Å². The summed E-state index contributed by atoms with van der Waals surface area (Å²) in [6.45, 7) is 4.09. The lowest BCUT2D eigenvalue weighted by Crippen LogP contribution is -2.39.